The summed E-state index contributed by atoms with van der Waals surface area (Å²) in [6.45, 7) is 2.31. The molecule has 0 aliphatic heterocycles. The Morgan fingerprint density at radius 2 is 1.97 bits per heavy atom. The average molecular weight is 445 g/mol. The number of aromatic nitrogens is 2. The summed E-state index contributed by atoms with van der Waals surface area (Å²) in [6.07, 6.45) is 4.84. The molecular formula is C26H28N4O3. The van der Waals surface area contributed by atoms with Gasteiger partial charge in [0.15, 0.2) is 0 Å². The van der Waals surface area contributed by atoms with Gasteiger partial charge in [-0.1, -0.05) is 24.3 Å². The number of nitrogens with zero attached hydrogens (tertiary/aromatic N) is 3. The number of nitrogens with one attached hydrogen (secondary N) is 1. The number of hydroxylamine groups is 1. The van der Waals surface area contributed by atoms with Crippen LogP contribution in [0.5, 0.6) is 5.75 Å². The predicted octanol–water partition coefficient (Wildman–Crippen LogP) is 3.89. The SMILES string of the molecule is COc1ccc(Cn2cc(CN(C)CCc3ccccn3)c3ccc(C(=O)NO)cc32)cc1. The minimum atomic E-state index is -0.525. The van der Waals surface area contributed by atoms with E-state index in [0.717, 1.165) is 47.4 Å². The maximum Gasteiger partial charge on any atom is 0.274 e. The maximum atomic E-state index is 12.0. The molecule has 7 nitrogen and oxygen atoms in total. The first-order valence-electron chi connectivity index (χ1n) is 10.8. The van der Waals surface area contributed by atoms with Gasteiger partial charge in [-0.2, -0.15) is 0 Å². The van der Waals surface area contributed by atoms with Gasteiger partial charge in [0.25, 0.3) is 5.91 Å². The zero-order chi connectivity index (χ0) is 23.2. The Bertz CT molecular complexity index is 1220. The number of likely N-dealkylation sites (N-methyl/N-ethyl adjacent to an activating group) is 1. The predicted molar refractivity (Wildman–Crippen MR) is 128 cm³/mol. The number of amides is 1. The monoisotopic (exact) mass is 444 g/mol. The summed E-state index contributed by atoms with van der Waals surface area (Å²) in [5.41, 5.74) is 6.46. The zero-order valence-electron chi connectivity index (χ0n) is 18.9. The number of carbonyl (C=O) groups excluding carboxylic acids is 1. The molecule has 4 rings (SSSR count). The van der Waals surface area contributed by atoms with E-state index in [9.17, 15) is 4.79 Å². The van der Waals surface area contributed by atoms with Crippen molar-refractivity contribution in [2.45, 2.75) is 19.5 Å². The van der Waals surface area contributed by atoms with Crippen molar-refractivity contribution in [2.75, 3.05) is 20.7 Å². The molecule has 1 amide bonds. The lowest BCUT2D eigenvalue weighted by Crippen LogP contribution is -2.21. The number of hydrogen-bond donors (Lipinski definition) is 2. The lowest BCUT2D eigenvalue weighted by atomic mass is 10.1. The van der Waals surface area contributed by atoms with Crippen molar-refractivity contribution in [3.63, 3.8) is 0 Å². The fourth-order valence-corrected chi connectivity index (χ4v) is 3.98. The van der Waals surface area contributed by atoms with E-state index in [4.69, 9.17) is 9.94 Å². The summed E-state index contributed by atoms with van der Waals surface area (Å²) in [5.74, 6) is 0.288. The van der Waals surface area contributed by atoms with E-state index >= 15 is 0 Å². The average Bonchev–Trinajstić information content (AvgIpc) is 3.19. The minimum absolute atomic E-state index is 0.411. The highest BCUT2D eigenvalue weighted by molar-refractivity contribution is 5.98. The first kappa shape index (κ1) is 22.5. The molecule has 33 heavy (non-hydrogen) atoms. The van der Waals surface area contributed by atoms with Crippen LogP contribution in [0.3, 0.4) is 0 Å². The molecule has 2 N–H and O–H groups in total. The van der Waals surface area contributed by atoms with E-state index in [1.165, 1.54) is 5.56 Å². The van der Waals surface area contributed by atoms with Crippen LogP contribution < -0.4 is 10.2 Å². The molecular weight excluding hydrogens is 416 g/mol. The molecule has 2 heterocycles. The van der Waals surface area contributed by atoms with Crippen molar-refractivity contribution in [3.05, 3.63) is 95.4 Å². The highest BCUT2D eigenvalue weighted by atomic mass is 16.5. The Labute approximate surface area is 193 Å². The van der Waals surface area contributed by atoms with Crippen molar-refractivity contribution < 1.29 is 14.7 Å². The molecule has 4 aromatic rings. The molecule has 0 saturated heterocycles. The van der Waals surface area contributed by atoms with Crippen molar-refractivity contribution >= 4 is 16.8 Å². The largest absolute Gasteiger partial charge is 0.497 e. The number of pyridine rings is 1. The lowest BCUT2D eigenvalue weighted by molar-refractivity contribution is 0.0706. The molecule has 0 aliphatic carbocycles. The van der Waals surface area contributed by atoms with Gasteiger partial charge in [0.1, 0.15) is 5.75 Å². The van der Waals surface area contributed by atoms with Gasteiger partial charge in [0.2, 0.25) is 0 Å². The second-order valence-corrected chi connectivity index (χ2v) is 8.11. The lowest BCUT2D eigenvalue weighted by Gasteiger charge is -2.16. The molecule has 2 aromatic carbocycles. The van der Waals surface area contributed by atoms with Crippen molar-refractivity contribution in [3.8, 4) is 5.75 Å². The Hall–Kier alpha value is -3.68. The van der Waals surface area contributed by atoms with E-state index in [1.54, 1.807) is 18.7 Å². The third kappa shape index (κ3) is 5.39. The molecule has 0 bridgehead atoms. The second kappa shape index (κ2) is 10.3. The molecule has 0 aliphatic rings. The van der Waals surface area contributed by atoms with Gasteiger partial charge < -0.3 is 14.2 Å². The van der Waals surface area contributed by atoms with Crippen molar-refractivity contribution in [1.82, 2.24) is 19.9 Å². The quantitative estimate of drug-likeness (QED) is 0.303. The van der Waals surface area contributed by atoms with Crippen LogP contribution in [-0.2, 0) is 19.5 Å². The molecule has 170 valence electrons. The molecule has 7 heteroatoms. The van der Waals surface area contributed by atoms with Gasteiger partial charge in [-0.15, -0.1) is 0 Å². The number of carbonyl (C=O) groups is 1. The summed E-state index contributed by atoms with van der Waals surface area (Å²) < 4.78 is 7.41. The topological polar surface area (TPSA) is 79.6 Å². The van der Waals surface area contributed by atoms with Crippen LogP contribution in [0.2, 0.25) is 0 Å². The van der Waals surface area contributed by atoms with Crippen LogP contribution in [0.25, 0.3) is 10.9 Å². The fourth-order valence-electron chi connectivity index (χ4n) is 3.98. The van der Waals surface area contributed by atoms with E-state index < -0.39 is 5.91 Å². The van der Waals surface area contributed by atoms with Gasteiger partial charge in [-0.3, -0.25) is 15.0 Å². The van der Waals surface area contributed by atoms with Gasteiger partial charge in [0.05, 0.1) is 7.11 Å². The standard InChI is InChI=1S/C26H28N4O3/c1-29(14-12-22-5-3-4-13-27-22)17-21-18-30(16-19-6-9-23(33-2)10-7-19)25-15-20(26(31)28-32)8-11-24(21)25/h3-11,13,15,18,32H,12,14,16-17H2,1-2H3,(H,28,31). The normalized spacial score (nSPS) is 11.2. The van der Waals surface area contributed by atoms with Crippen LogP contribution in [0.15, 0.2) is 73.1 Å². The Morgan fingerprint density at radius 1 is 1.15 bits per heavy atom. The van der Waals surface area contributed by atoms with E-state index in [1.807, 2.05) is 60.8 Å². The summed E-state index contributed by atoms with van der Waals surface area (Å²) in [4.78, 5) is 18.7. The van der Waals surface area contributed by atoms with Crippen LogP contribution in [-0.4, -0.2) is 46.3 Å². The summed E-state index contributed by atoms with van der Waals surface area (Å²) in [6, 6.07) is 19.4. The van der Waals surface area contributed by atoms with Gasteiger partial charge in [-0.25, -0.2) is 5.48 Å². The number of hydrogen-bond acceptors (Lipinski definition) is 5. The minimum Gasteiger partial charge on any atom is -0.497 e. The third-order valence-corrected chi connectivity index (χ3v) is 5.76. The molecule has 0 radical (unpaired) electrons. The summed E-state index contributed by atoms with van der Waals surface area (Å²) in [5, 5.41) is 10.1. The van der Waals surface area contributed by atoms with Crippen molar-refractivity contribution in [2.24, 2.45) is 0 Å². The first-order chi connectivity index (χ1) is 16.1. The number of benzene rings is 2. The van der Waals surface area contributed by atoms with Crippen LogP contribution in [0.4, 0.5) is 0 Å². The van der Waals surface area contributed by atoms with E-state index in [-0.39, 0.29) is 0 Å². The van der Waals surface area contributed by atoms with Gasteiger partial charge >= 0.3 is 0 Å². The number of ether oxygens (including phenoxy) is 1. The zero-order valence-corrected chi connectivity index (χ0v) is 18.9. The third-order valence-electron chi connectivity index (χ3n) is 5.76. The summed E-state index contributed by atoms with van der Waals surface area (Å²) >= 11 is 0. The maximum absolute atomic E-state index is 12.0. The van der Waals surface area contributed by atoms with Crippen molar-refractivity contribution in [1.29, 1.82) is 0 Å². The number of rotatable bonds is 9. The van der Waals surface area contributed by atoms with E-state index in [2.05, 4.69) is 27.7 Å². The smallest absolute Gasteiger partial charge is 0.274 e. The highest BCUT2D eigenvalue weighted by Gasteiger charge is 2.14. The molecule has 0 saturated carbocycles. The number of methoxy groups -OCH3 is 1. The van der Waals surface area contributed by atoms with E-state index in [0.29, 0.717) is 12.1 Å². The van der Waals surface area contributed by atoms with Crippen LogP contribution >= 0.6 is 0 Å². The Morgan fingerprint density at radius 3 is 2.67 bits per heavy atom. The second-order valence-electron chi connectivity index (χ2n) is 8.11. The summed E-state index contributed by atoms with van der Waals surface area (Å²) in [7, 11) is 3.75. The molecule has 0 atom stereocenters. The Balaban J connectivity index is 1.60. The fraction of sp³-hybridized carbons (Fsp3) is 0.231. The van der Waals surface area contributed by atoms with Crippen LogP contribution in [0.1, 0.15) is 27.2 Å². The molecule has 2 aromatic heterocycles. The van der Waals surface area contributed by atoms with Crippen LogP contribution in [0, 0.1) is 0 Å². The molecule has 0 fully saturated rings. The van der Waals surface area contributed by atoms with Gasteiger partial charge in [-0.05, 0) is 54.6 Å². The first-order valence-corrected chi connectivity index (χ1v) is 10.8. The Kier molecular flexibility index (Phi) is 7.02. The van der Waals surface area contributed by atoms with Gasteiger partial charge in [0, 0.05) is 60.6 Å². The molecule has 0 unspecified atom stereocenters. The molecule has 0 spiro atoms. The highest BCUT2D eigenvalue weighted by Crippen LogP contribution is 2.26. The number of fused-ring (bicyclic) bond motifs is 1.